The number of carbonyl (C=O) groups excluding carboxylic acids is 2. The van der Waals surface area contributed by atoms with Crippen LogP contribution in [0.1, 0.15) is 25.0 Å². The minimum Gasteiger partial charge on any atom is -0.361 e. The van der Waals surface area contributed by atoms with Crippen LogP contribution in [-0.2, 0) is 20.5 Å². The average molecular weight is 414 g/mol. The summed E-state index contributed by atoms with van der Waals surface area (Å²) in [4.78, 5) is 26.4. The van der Waals surface area contributed by atoms with Gasteiger partial charge in [-0.2, -0.15) is 18.4 Å². The third-order valence-corrected chi connectivity index (χ3v) is 6.22. The molecule has 3 aliphatic heterocycles. The van der Waals surface area contributed by atoms with E-state index in [2.05, 4.69) is 0 Å². The van der Waals surface area contributed by atoms with E-state index in [-0.39, 0.29) is 0 Å². The van der Waals surface area contributed by atoms with E-state index < -0.39 is 69.8 Å². The molecule has 5 atom stereocenters. The van der Waals surface area contributed by atoms with Crippen molar-refractivity contribution < 1.29 is 42.1 Å². The number of rotatable bonds is 1. The number of fused-ring (bicyclic) bond motifs is 5. The first-order valence-electron chi connectivity index (χ1n) is 8.50. The number of halogens is 4. The third kappa shape index (κ3) is 2.11. The molecule has 7 nitrogen and oxygen atoms in total. The maximum Gasteiger partial charge on any atom is 0.417 e. The molecule has 3 fully saturated rings. The van der Waals surface area contributed by atoms with E-state index in [1.807, 2.05) is 0 Å². The fourth-order valence-corrected chi connectivity index (χ4v) is 4.81. The maximum atomic E-state index is 14.7. The van der Waals surface area contributed by atoms with Crippen molar-refractivity contribution in [3.05, 3.63) is 29.3 Å². The Labute approximate surface area is 161 Å². The Morgan fingerprint density at radius 3 is 2.31 bits per heavy atom. The number of benzene rings is 1. The van der Waals surface area contributed by atoms with Gasteiger partial charge >= 0.3 is 6.18 Å². The lowest BCUT2D eigenvalue weighted by atomic mass is 9.65. The summed E-state index contributed by atoms with van der Waals surface area (Å²) in [6.07, 6.45) is -7.34. The van der Waals surface area contributed by atoms with Crippen LogP contribution < -0.4 is 4.90 Å². The van der Waals surface area contributed by atoms with E-state index in [0.717, 1.165) is 26.0 Å². The summed E-state index contributed by atoms with van der Waals surface area (Å²) in [7, 11) is 0. The van der Waals surface area contributed by atoms with Crippen molar-refractivity contribution in [1.29, 1.82) is 5.26 Å². The van der Waals surface area contributed by atoms with Gasteiger partial charge in [-0.25, -0.2) is 9.29 Å². The molecular weight excluding hydrogens is 400 g/mol. The maximum absolute atomic E-state index is 14.7. The number of ether oxygens (including phenoxy) is 1. The van der Waals surface area contributed by atoms with E-state index >= 15 is 0 Å². The lowest BCUT2D eigenvalue weighted by Crippen LogP contribution is -2.64. The highest BCUT2D eigenvalue weighted by Crippen LogP contribution is 2.64. The third-order valence-electron chi connectivity index (χ3n) is 6.22. The van der Waals surface area contributed by atoms with Crippen molar-refractivity contribution in [2.75, 3.05) is 4.90 Å². The second-order valence-electron chi connectivity index (χ2n) is 7.79. The molecule has 0 spiro atoms. The number of alkyl halides is 4. The number of hydrogen-bond donors (Lipinski definition) is 2. The molecule has 0 aliphatic carbocycles. The minimum absolute atomic E-state index is 0.454. The van der Waals surface area contributed by atoms with Crippen molar-refractivity contribution in [3.63, 3.8) is 0 Å². The number of carbonyl (C=O) groups is 2. The molecule has 2 N–H and O–H groups in total. The summed E-state index contributed by atoms with van der Waals surface area (Å²) in [6.45, 7) is 2.19. The molecule has 1 aromatic carbocycles. The summed E-state index contributed by atoms with van der Waals surface area (Å²) < 4.78 is 59.9. The van der Waals surface area contributed by atoms with Crippen LogP contribution in [0, 0.1) is 23.2 Å². The van der Waals surface area contributed by atoms with Crippen molar-refractivity contribution in [1.82, 2.24) is 0 Å². The Bertz CT molecular complexity index is 1000. The Kier molecular flexibility index (Phi) is 3.63. The molecule has 4 rings (SSSR count). The zero-order chi connectivity index (χ0) is 21.7. The van der Waals surface area contributed by atoms with E-state index in [9.17, 15) is 37.4 Å². The first-order valence-corrected chi connectivity index (χ1v) is 8.50. The van der Waals surface area contributed by atoms with Crippen LogP contribution in [-0.4, -0.2) is 45.2 Å². The van der Waals surface area contributed by atoms with Gasteiger partial charge in [0.05, 0.1) is 34.7 Å². The Morgan fingerprint density at radius 2 is 1.76 bits per heavy atom. The van der Waals surface area contributed by atoms with Crippen molar-refractivity contribution in [2.24, 2.45) is 11.8 Å². The van der Waals surface area contributed by atoms with Gasteiger partial charge < -0.3 is 14.9 Å². The second kappa shape index (κ2) is 5.33. The number of hydrogen-bond acceptors (Lipinski definition) is 6. The minimum atomic E-state index is -4.92. The fourth-order valence-electron chi connectivity index (χ4n) is 4.81. The van der Waals surface area contributed by atoms with Gasteiger partial charge in [-0.15, -0.1) is 0 Å². The Morgan fingerprint density at radius 1 is 1.17 bits per heavy atom. The zero-order valence-electron chi connectivity index (χ0n) is 15.0. The van der Waals surface area contributed by atoms with Gasteiger partial charge in [0.15, 0.2) is 6.17 Å². The number of anilines is 1. The zero-order valence-corrected chi connectivity index (χ0v) is 15.0. The second-order valence-corrected chi connectivity index (χ2v) is 7.79. The van der Waals surface area contributed by atoms with Gasteiger partial charge in [0, 0.05) is 0 Å². The molecule has 0 radical (unpaired) electrons. The molecule has 3 heterocycles. The Hall–Kier alpha value is -2.55. The van der Waals surface area contributed by atoms with E-state index in [0.29, 0.717) is 11.0 Å². The van der Waals surface area contributed by atoms with Crippen LogP contribution in [0.3, 0.4) is 0 Å². The predicted molar refractivity (Wildman–Crippen MR) is 85.6 cm³/mol. The number of nitrogens with zero attached hydrogens (tertiary/aromatic N) is 2. The molecule has 0 aromatic heterocycles. The largest absolute Gasteiger partial charge is 0.417 e. The molecule has 1 aromatic rings. The van der Waals surface area contributed by atoms with Gasteiger partial charge in [0.25, 0.3) is 0 Å². The molecule has 1 unspecified atom stereocenters. The molecule has 154 valence electrons. The van der Waals surface area contributed by atoms with Crippen LogP contribution in [0.2, 0.25) is 0 Å². The molecule has 3 aliphatic rings. The normalized spacial score (nSPS) is 37.8. The average Bonchev–Trinajstić information content (AvgIpc) is 3.09. The lowest BCUT2D eigenvalue weighted by Gasteiger charge is -2.40. The van der Waals surface area contributed by atoms with Gasteiger partial charge in [0.2, 0.25) is 17.6 Å². The highest BCUT2D eigenvalue weighted by atomic mass is 19.4. The first-order chi connectivity index (χ1) is 13.2. The van der Waals surface area contributed by atoms with Gasteiger partial charge in [-0.05, 0) is 32.0 Å². The van der Waals surface area contributed by atoms with Crippen LogP contribution in [0.5, 0.6) is 0 Å². The fraction of sp³-hybridized carbons (Fsp3) is 0.500. The molecule has 11 heteroatoms. The summed E-state index contributed by atoms with van der Waals surface area (Å²) in [5.41, 5.74) is -6.72. The van der Waals surface area contributed by atoms with E-state index in [1.165, 1.54) is 6.07 Å². The Balaban J connectivity index is 1.84. The first kappa shape index (κ1) is 19.8. The SMILES string of the molecule is C[C@]12O[C@@](C)([C@H]3C(=O)N(c4ccc(C#N)c(C(F)(F)F)c4)C(=O)C31)C(O)(O)[C@@H]2F. The molecule has 3 saturated heterocycles. The molecular formula is C18H14F4N2O5. The smallest absolute Gasteiger partial charge is 0.361 e. The topological polar surface area (TPSA) is 111 Å². The quantitative estimate of drug-likeness (QED) is 0.407. The van der Waals surface area contributed by atoms with E-state index in [1.54, 1.807) is 0 Å². The molecule has 0 saturated carbocycles. The predicted octanol–water partition coefficient (Wildman–Crippen LogP) is 1.26. The number of aliphatic hydroxyl groups is 2. The molecule has 2 amide bonds. The molecule has 29 heavy (non-hydrogen) atoms. The standard InChI is InChI=1S/C18H14F4N2O5/c1-15-10-11(16(2,29-15)17(27,28)14(15)19)13(26)24(12(10)25)8-4-3-7(6-23)9(5-8)18(20,21)22/h3-5,10-11,14,27-28H,1-2H3/t10?,11-,14-,15+,16+/m1/s1. The monoisotopic (exact) mass is 414 g/mol. The van der Waals surface area contributed by atoms with Gasteiger partial charge in [-0.1, -0.05) is 0 Å². The summed E-state index contributed by atoms with van der Waals surface area (Å²) in [5, 5.41) is 29.3. The number of imide groups is 1. The lowest BCUT2D eigenvalue weighted by molar-refractivity contribution is -0.266. The van der Waals surface area contributed by atoms with Crippen molar-refractivity contribution in [3.8, 4) is 6.07 Å². The van der Waals surface area contributed by atoms with Gasteiger partial charge in [0.1, 0.15) is 11.2 Å². The number of amides is 2. The molecule has 2 bridgehead atoms. The van der Waals surface area contributed by atoms with Gasteiger partial charge in [-0.3, -0.25) is 9.59 Å². The van der Waals surface area contributed by atoms with E-state index in [4.69, 9.17) is 10.00 Å². The van der Waals surface area contributed by atoms with Crippen LogP contribution >= 0.6 is 0 Å². The van der Waals surface area contributed by atoms with Crippen molar-refractivity contribution >= 4 is 17.5 Å². The van der Waals surface area contributed by atoms with Crippen LogP contribution in [0.15, 0.2) is 18.2 Å². The summed E-state index contributed by atoms with van der Waals surface area (Å²) in [5.74, 6) is -8.08. The summed E-state index contributed by atoms with van der Waals surface area (Å²) in [6, 6.07) is 3.70. The highest BCUT2D eigenvalue weighted by Gasteiger charge is 2.85. The highest BCUT2D eigenvalue weighted by molar-refractivity contribution is 6.23. The van der Waals surface area contributed by atoms with Crippen molar-refractivity contribution in [2.45, 2.75) is 43.2 Å². The number of nitriles is 1. The van der Waals surface area contributed by atoms with Crippen LogP contribution in [0.25, 0.3) is 0 Å². The summed E-state index contributed by atoms with van der Waals surface area (Å²) >= 11 is 0. The van der Waals surface area contributed by atoms with Crippen LogP contribution in [0.4, 0.5) is 23.2 Å².